The van der Waals surface area contributed by atoms with Crippen molar-refractivity contribution in [1.29, 1.82) is 0 Å². The van der Waals surface area contributed by atoms with Gasteiger partial charge in [-0.25, -0.2) is 13.1 Å². The van der Waals surface area contributed by atoms with Crippen LogP contribution in [0.4, 0.5) is 5.69 Å². The van der Waals surface area contributed by atoms with Gasteiger partial charge in [0, 0.05) is 6.54 Å². The highest BCUT2D eigenvalue weighted by molar-refractivity contribution is 7.89. The highest BCUT2D eigenvalue weighted by atomic mass is 32.2. The fourth-order valence-electron chi connectivity index (χ4n) is 2.34. The van der Waals surface area contributed by atoms with Crippen LogP contribution in [-0.2, 0) is 23.0 Å². The molecule has 0 aliphatic rings. The van der Waals surface area contributed by atoms with Gasteiger partial charge in [0.15, 0.2) is 0 Å². The third-order valence-corrected chi connectivity index (χ3v) is 4.88. The standard InChI is InChI=1S/C17H22N2O2S/c1-13(2)11-14-7-3-4-8-15(14)12-19-22(20,21)17-10-6-5-9-16(17)18/h3-10,13,19H,11-12,18H2,1-2H3. The van der Waals surface area contributed by atoms with Crippen molar-refractivity contribution in [3.8, 4) is 0 Å². The number of hydrogen-bond acceptors (Lipinski definition) is 3. The fraction of sp³-hybridized carbons (Fsp3) is 0.294. The second kappa shape index (κ2) is 6.94. The van der Waals surface area contributed by atoms with Crippen LogP contribution in [0.5, 0.6) is 0 Å². The molecule has 0 saturated carbocycles. The quantitative estimate of drug-likeness (QED) is 0.804. The third kappa shape index (κ3) is 4.08. The largest absolute Gasteiger partial charge is 0.398 e. The number of sulfonamides is 1. The summed E-state index contributed by atoms with van der Waals surface area (Å²) in [4.78, 5) is 0.122. The lowest BCUT2D eigenvalue weighted by molar-refractivity contribution is 0.580. The number of para-hydroxylation sites is 1. The predicted octanol–water partition coefficient (Wildman–Crippen LogP) is 2.95. The average Bonchev–Trinajstić information content (AvgIpc) is 2.46. The maximum absolute atomic E-state index is 12.4. The number of nitrogens with two attached hydrogens (primary N) is 1. The Kier molecular flexibility index (Phi) is 5.21. The van der Waals surface area contributed by atoms with Gasteiger partial charge in [-0.1, -0.05) is 50.2 Å². The van der Waals surface area contributed by atoms with Crippen LogP contribution in [0.3, 0.4) is 0 Å². The van der Waals surface area contributed by atoms with E-state index < -0.39 is 10.0 Å². The first-order valence-electron chi connectivity index (χ1n) is 7.31. The van der Waals surface area contributed by atoms with Gasteiger partial charge < -0.3 is 5.73 Å². The van der Waals surface area contributed by atoms with E-state index in [9.17, 15) is 8.42 Å². The minimum atomic E-state index is -3.61. The Hall–Kier alpha value is -1.85. The van der Waals surface area contributed by atoms with Gasteiger partial charge in [-0.3, -0.25) is 0 Å². The van der Waals surface area contributed by atoms with Crippen molar-refractivity contribution >= 4 is 15.7 Å². The molecule has 0 heterocycles. The molecule has 5 heteroatoms. The van der Waals surface area contributed by atoms with E-state index in [1.54, 1.807) is 18.2 Å². The molecule has 0 radical (unpaired) electrons. The van der Waals surface area contributed by atoms with Crippen LogP contribution in [0.15, 0.2) is 53.4 Å². The molecule has 0 spiro atoms. The van der Waals surface area contributed by atoms with Gasteiger partial charge in [-0.05, 0) is 35.6 Å². The molecule has 0 atom stereocenters. The zero-order valence-electron chi connectivity index (χ0n) is 12.9. The smallest absolute Gasteiger partial charge is 0.242 e. The van der Waals surface area contributed by atoms with Crippen LogP contribution in [-0.4, -0.2) is 8.42 Å². The maximum atomic E-state index is 12.4. The van der Waals surface area contributed by atoms with E-state index >= 15 is 0 Å². The summed E-state index contributed by atoms with van der Waals surface area (Å²) in [5, 5.41) is 0. The summed E-state index contributed by atoms with van der Waals surface area (Å²) in [6.07, 6.45) is 0.922. The first-order chi connectivity index (χ1) is 10.4. The van der Waals surface area contributed by atoms with Crippen LogP contribution in [0, 0.1) is 5.92 Å². The zero-order valence-corrected chi connectivity index (χ0v) is 13.7. The van der Waals surface area contributed by atoms with E-state index in [-0.39, 0.29) is 17.1 Å². The molecule has 0 aliphatic carbocycles. The molecule has 3 N–H and O–H groups in total. The summed E-state index contributed by atoms with van der Waals surface area (Å²) >= 11 is 0. The number of nitrogens with one attached hydrogen (secondary N) is 1. The van der Waals surface area contributed by atoms with Gasteiger partial charge in [0.1, 0.15) is 4.90 Å². The van der Waals surface area contributed by atoms with Crippen molar-refractivity contribution in [3.05, 3.63) is 59.7 Å². The topological polar surface area (TPSA) is 72.2 Å². The SMILES string of the molecule is CC(C)Cc1ccccc1CNS(=O)(=O)c1ccccc1N. The average molecular weight is 318 g/mol. The Labute approximate surface area is 132 Å². The van der Waals surface area contributed by atoms with Gasteiger partial charge in [-0.15, -0.1) is 0 Å². The molecule has 0 aliphatic heterocycles. The van der Waals surface area contributed by atoms with Crippen molar-refractivity contribution in [2.45, 2.75) is 31.7 Å². The monoisotopic (exact) mass is 318 g/mol. The van der Waals surface area contributed by atoms with Crippen molar-refractivity contribution in [2.24, 2.45) is 5.92 Å². The molecule has 0 amide bonds. The number of anilines is 1. The molecule has 118 valence electrons. The van der Waals surface area contributed by atoms with Crippen LogP contribution in [0.25, 0.3) is 0 Å². The molecule has 0 saturated heterocycles. The van der Waals surface area contributed by atoms with Gasteiger partial charge in [0.25, 0.3) is 0 Å². The molecule has 0 fully saturated rings. The van der Waals surface area contributed by atoms with E-state index in [1.807, 2.05) is 24.3 Å². The molecular weight excluding hydrogens is 296 g/mol. The highest BCUT2D eigenvalue weighted by Gasteiger charge is 2.17. The Bertz CT molecular complexity index is 740. The van der Waals surface area contributed by atoms with Crippen LogP contribution >= 0.6 is 0 Å². The minimum Gasteiger partial charge on any atom is -0.398 e. The number of nitrogen functional groups attached to an aromatic ring is 1. The van der Waals surface area contributed by atoms with E-state index in [1.165, 1.54) is 11.6 Å². The maximum Gasteiger partial charge on any atom is 0.242 e. The van der Waals surface area contributed by atoms with E-state index in [4.69, 9.17) is 5.73 Å². The highest BCUT2D eigenvalue weighted by Crippen LogP contribution is 2.18. The summed E-state index contributed by atoms with van der Waals surface area (Å²) in [5.74, 6) is 0.516. The second-order valence-corrected chi connectivity index (χ2v) is 7.46. The Morgan fingerprint density at radius 1 is 1.00 bits per heavy atom. The third-order valence-electron chi connectivity index (χ3n) is 3.41. The first kappa shape index (κ1) is 16.5. The fourth-order valence-corrected chi connectivity index (χ4v) is 3.48. The lowest BCUT2D eigenvalue weighted by Crippen LogP contribution is -2.24. The van der Waals surface area contributed by atoms with Gasteiger partial charge in [0.05, 0.1) is 5.69 Å². The van der Waals surface area contributed by atoms with Crippen molar-refractivity contribution in [3.63, 3.8) is 0 Å². The van der Waals surface area contributed by atoms with Crippen molar-refractivity contribution in [1.82, 2.24) is 4.72 Å². The number of benzene rings is 2. The van der Waals surface area contributed by atoms with Crippen LogP contribution < -0.4 is 10.5 Å². The Balaban J connectivity index is 2.18. The van der Waals surface area contributed by atoms with E-state index in [2.05, 4.69) is 18.6 Å². The van der Waals surface area contributed by atoms with Gasteiger partial charge in [0.2, 0.25) is 10.0 Å². The van der Waals surface area contributed by atoms with Crippen LogP contribution in [0.2, 0.25) is 0 Å². The molecule has 2 aromatic rings. The lowest BCUT2D eigenvalue weighted by atomic mass is 9.98. The lowest BCUT2D eigenvalue weighted by Gasteiger charge is -2.13. The summed E-state index contributed by atoms with van der Waals surface area (Å²) in [6, 6.07) is 14.4. The molecule has 2 aromatic carbocycles. The number of rotatable bonds is 6. The Morgan fingerprint density at radius 3 is 2.23 bits per heavy atom. The van der Waals surface area contributed by atoms with Gasteiger partial charge >= 0.3 is 0 Å². The molecule has 4 nitrogen and oxygen atoms in total. The normalized spacial score (nSPS) is 11.8. The summed E-state index contributed by atoms with van der Waals surface area (Å²) in [7, 11) is -3.61. The molecule has 22 heavy (non-hydrogen) atoms. The summed E-state index contributed by atoms with van der Waals surface area (Å²) in [6.45, 7) is 4.55. The molecule has 0 aromatic heterocycles. The molecule has 2 rings (SSSR count). The second-order valence-electron chi connectivity index (χ2n) is 5.73. The summed E-state index contributed by atoms with van der Waals surface area (Å²) < 4.78 is 27.4. The predicted molar refractivity (Wildman–Crippen MR) is 89.9 cm³/mol. The van der Waals surface area contributed by atoms with Crippen LogP contribution in [0.1, 0.15) is 25.0 Å². The Morgan fingerprint density at radius 2 is 1.59 bits per heavy atom. The molecule has 0 bridgehead atoms. The molecule has 0 unspecified atom stereocenters. The van der Waals surface area contributed by atoms with Crippen molar-refractivity contribution in [2.75, 3.05) is 5.73 Å². The van der Waals surface area contributed by atoms with Gasteiger partial charge in [-0.2, -0.15) is 0 Å². The number of hydrogen-bond donors (Lipinski definition) is 2. The van der Waals surface area contributed by atoms with Crippen molar-refractivity contribution < 1.29 is 8.42 Å². The minimum absolute atomic E-state index is 0.122. The van der Waals surface area contributed by atoms with E-state index in [0.717, 1.165) is 12.0 Å². The zero-order chi connectivity index (χ0) is 16.2. The first-order valence-corrected chi connectivity index (χ1v) is 8.79. The summed E-state index contributed by atoms with van der Waals surface area (Å²) in [5.41, 5.74) is 8.17. The molecular formula is C17H22N2O2S. The van der Waals surface area contributed by atoms with E-state index in [0.29, 0.717) is 5.92 Å².